The Bertz CT molecular complexity index is 828. The summed E-state index contributed by atoms with van der Waals surface area (Å²) in [6, 6.07) is 10.9. The average Bonchev–Trinajstić information content (AvgIpc) is 2.67. The topological polar surface area (TPSA) is 69.2 Å². The van der Waals surface area contributed by atoms with Crippen LogP contribution in [0.25, 0.3) is 0 Å². The standard InChI is InChI=1S/C20H22N2O4/c1-13-16-5-4-6-18(17(16)11-12-19(13)25-3)22-26-20(23)21-14-7-9-15(24-2)10-8-14/h7-12H,4-6H2,1-3H3,(H,21,23). The maximum Gasteiger partial charge on any atom is 0.437 e. The van der Waals surface area contributed by atoms with Crippen LogP contribution >= 0.6 is 0 Å². The molecule has 0 saturated carbocycles. The van der Waals surface area contributed by atoms with Gasteiger partial charge in [-0.2, -0.15) is 0 Å². The molecule has 1 aliphatic rings. The number of anilines is 1. The third-order valence-electron chi connectivity index (χ3n) is 4.50. The van der Waals surface area contributed by atoms with E-state index in [2.05, 4.69) is 10.5 Å². The predicted octanol–water partition coefficient (Wildman–Crippen LogP) is 4.30. The van der Waals surface area contributed by atoms with Gasteiger partial charge in [0.2, 0.25) is 0 Å². The number of carbonyl (C=O) groups is 1. The number of amides is 1. The molecule has 2 aromatic rings. The lowest BCUT2D eigenvalue weighted by Crippen LogP contribution is -2.17. The maximum atomic E-state index is 12.0. The quantitative estimate of drug-likeness (QED) is 0.656. The number of hydrogen-bond acceptors (Lipinski definition) is 5. The highest BCUT2D eigenvalue weighted by Crippen LogP contribution is 2.30. The highest BCUT2D eigenvalue weighted by molar-refractivity contribution is 6.03. The van der Waals surface area contributed by atoms with Gasteiger partial charge in [0, 0.05) is 11.3 Å². The zero-order chi connectivity index (χ0) is 18.5. The molecule has 1 amide bonds. The number of rotatable bonds is 4. The largest absolute Gasteiger partial charge is 0.497 e. The number of hydrogen-bond donors (Lipinski definition) is 1. The number of carbonyl (C=O) groups excluding carboxylic acids is 1. The zero-order valence-electron chi connectivity index (χ0n) is 15.2. The summed E-state index contributed by atoms with van der Waals surface area (Å²) in [4.78, 5) is 17.1. The van der Waals surface area contributed by atoms with Gasteiger partial charge in [-0.3, -0.25) is 10.2 Å². The van der Waals surface area contributed by atoms with Crippen molar-refractivity contribution in [1.82, 2.24) is 0 Å². The second-order valence-corrected chi connectivity index (χ2v) is 6.04. The predicted molar refractivity (Wildman–Crippen MR) is 100 cm³/mol. The van der Waals surface area contributed by atoms with E-state index < -0.39 is 6.09 Å². The van der Waals surface area contributed by atoms with Crippen LogP contribution in [0.15, 0.2) is 41.6 Å². The van der Waals surface area contributed by atoms with Crippen LogP contribution in [0, 0.1) is 6.92 Å². The third-order valence-corrected chi connectivity index (χ3v) is 4.50. The lowest BCUT2D eigenvalue weighted by atomic mass is 9.87. The highest BCUT2D eigenvalue weighted by Gasteiger charge is 2.20. The van der Waals surface area contributed by atoms with Crippen LogP contribution in [-0.2, 0) is 11.3 Å². The van der Waals surface area contributed by atoms with Crippen molar-refractivity contribution in [2.24, 2.45) is 5.16 Å². The van der Waals surface area contributed by atoms with Crippen molar-refractivity contribution in [3.05, 3.63) is 53.1 Å². The van der Waals surface area contributed by atoms with E-state index in [4.69, 9.17) is 14.3 Å². The van der Waals surface area contributed by atoms with E-state index in [1.165, 1.54) is 5.56 Å². The first kappa shape index (κ1) is 17.8. The summed E-state index contributed by atoms with van der Waals surface area (Å²) in [6.45, 7) is 2.04. The van der Waals surface area contributed by atoms with Gasteiger partial charge in [-0.15, -0.1) is 0 Å². The molecule has 6 heteroatoms. The highest BCUT2D eigenvalue weighted by atomic mass is 16.7. The van der Waals surface area contributed by atoms with Gasteiger partial charge in [-0.1, -0.05) is 5.16 Å². The summed E-state index contributed by atoms with van der Waals surface area (Å²) in [5.41, 5.74) is 4.72. The first-order valence-corrected chi connectivity index (χ1v) is 8.48. The first-order chi connectivity index (χ1) is 12.6. The summed E-state index contributed by atoms with van der Waals surface area (Å²) in [5.74, 6) is 1.58. The monoisotopic (exact) mass is 354 g/mol. The van der Waals surface area contributed by atoms with Crippen LogP contribution in [0.1, 0.15) is 29.5 Å². The van der Waals surface area contributed by atoms with E-state index in [-0.39, 0.29) is 0 Å². The maximum absolute atomic E-state index is 12.0. The fraction of sp³-hybridized carbons (Fsp3) is 0.300. The van der Waals surface area contributed by atoms with E-state index in [1.54, 1.807) is 38.5 Å². The Balaban J connectivity index is 1.71. The average molecular weight is 354 g/mol. The Morgan fingerprint density at radius 2 is 1.81 bits per heavy atom. The number of oxime groups is 1. The summed E-state index contributed by atoms with van der Waals surface area (Å²) in [5, 5.41) is 6.73. The second kappa shape index (κ2) is 7.91. The van der Waals surface area contributed by atoms with Gasteiger partial charge in [0.15, 0.2) is 0 Å². The second-order valence-electron chi connectivity index (χ2n) is 6.04. The summed E-state index contributed by atoms with van der Waals surface area (Å²) in [6.07, 6.45) is 2.08. The van der Waals surface area contributed by atoms with Crippen LogP contribution in [-0.4, -0.2) is 26.0 Å². The van der Waals surface area contributed by atoms with Crippen molar-refractivity contribution < 1.29 is 19.1 Å². The molecule has 1 N–H and O–H groups in total. The van der Waals surface area contributed by atoms with Gasteiger partial charge in [0.05, 0.1) is 19.9 Å². The van der Waals surface area contributed by atoms with Crippen LogP contribution in [0.5, 0.6) is 11.5 Å². The molecule has 3 rings (SSSR count). The molecule has 136 valence electrons. The zero-order valence-corrected chi connectivity index (χ0v) is 15.2. The molecular formula is C20H22N2O4. The Morgan fingerprint density at radius 3 is 2.50 bits per heavy atom. The molecule has 0 bridgehead atoms. The molecule has 1 aliphatic carbocycles. The van der Waals surface area contributed by atoms with Crippen molar-refractivity contribution in [2.75, 3.05) is 19.5 Å². The Morgan fingerprint density at radius 1 is 1.04 bits per heavy atom. The van der Waals surface area contributed by atoms with Crippen molar-refractivity contribution in [3.63, 3.8) is 0 Å². The van der Waals surface area contributed by atoms with Crippen LogP contribution < -0.4 is 14.8 Å². The summed E-state index contributed by atoms with van der Waals surface area (Å²) >= 11 is 0. The SMILES string of the molecule is COc1ccc(NC(=O)ON=C2CCCc3c2ccc(OC)c3C)cc1. The molecule has 6 nitrogen and oxygen atoms in total. The minimum absolute atomic E-state index is 0.612. The molecule has 0 saturated heterocycles. The summed E-state index contributed by atoms with van der Waals surface area (Å²) in [7, 11) is 3.26. The molecular weight excluding hydrogens is 332 g/mol. The summed E-state index contributed by atoms with van der Waals surface area (Å²) < 4.78 is 10.5. The van der Waals surface area contributed by atoms with E-state index in [0.717, 1.165) is 41.9 Å². The number of methoxy groups -OCH3 is 2. The van der Waals surface area contributed by atoms with E-state index >= 15 is 0 Å². The Labute approximate surface area is 152 Å². The number of nitrogens with one attached hydrogen (secondary N) is 1. The van der Waals surface area contributed by atoms with E-state index in [0.29, 0.717) is 11.4 Å². The first-order valence-electron chi connectivity index (χ1n) is 8.48. The van der Waals surface area contributed by atoms with Crippen LogP contribution in [0.2, 0.25) is 0 Å². The number of fused-ring (bicyclic) bond motifs is 1. The molecule has 0 fully saturated rings. The van der Waals surface area contributed by atoms with Crippen molar-refractivity contribution in [1.29, 1.82) is 0 Å². The number of ether oxygens (including phenoxy) is 2. The lowest BCUT2D eigenvalue weighted by molar-refractivity contribution is 0.166. The molecule has 26 heavy (non-hydrogen) atoms. The molecule has 0 aliphatic heterocycles. The molecule has 2 aromatic carbocycles. The van der Waals surface area contributed by atoms with Gasteiger partial charge in [-0.25, -0.2) is 4.79 Å². The number of nitrogens with zero attached hydrogens (tertiary/aromatic N) is 1. The van der Waals surface area contributed by atoms with Crippen molar-refractivity contribution in [2.45, 2.75) is 26.2 Å². The van der Waals surface area contributed by atoms with Gasteiger partial charge >= 0.3 is 6.09 Å². The molecule has 0 heterocycles. The van der Waals surface area contributed by atoms with E-state index in [1.807, 2.05) is 19.1 Å². The minimum atomic E-state index is -0.625. The molecule has 0 unspecified atom stereocenters. The van der Waals surface area contributed by atoms with Gasteiger partial charge in [0.1, 0.15) is 11.5 Å². The van der Waals surface area contributed by atoms with Gasteiger partial charge in [0.25, 0.3) is 0 Å². The molecule has 0 aromatic heterocycles. The fourth-order valence-electron chi connectivity index (χ4n) is 3.12. The van der Waals surface area contributed by atoms with Gasteiger partial charge < -0.3 is 9.47 Å². The number of benzene rings is 2. The lowest BCUT2D eigenvalue weighted by Gasteiger charge is -2.20. The van der Waals surface area contributed by atoms with Crippen LogP contribution in [0.4, 0.5) is 10.5 Å². The van der Waals surface area contributed by atoms with E-state index in [9.17, 15) is 4.79 Å². The molecule has 0 atom stereocenters. The Kier molecular flexibility index (Phi) is 5.41. The van der Waals surface area contributed by atoms with Crippen LogP contribution in [0.3, 0.4) is 0 Å². The van der Waals surface area contributed by atoms with Crippen molar-refractivity contribution >= 4 is 17.5 Å². The minimum Gasteiger partial charge on any atom is -0.497 e. The third kappa shape index (κ3) is 3.79. The van der Waals surface area contributed by atoms with Crippen molar-refractivity contribution in [3.8, 4) is 11.5 Å². The normalized spacial score (nSPS) is 14.5. The smallest absolute Gasteiger partial charge is 0.437 e. The fourth-order valence-corrected chi connectivity index (χ4v) is 3.12. The molecule has 0 spiro atoms. The Hall–Kier alpha value is -3.02. The molecule has 0 radical (unpaired) electrons. The van der Waals surface area contributed by atoms with Gasteiger partial charge in [-0.05, 0) is 73.7 Å².